The minimum atomic E-state index is -0.756. The predicted molar refractivity (Wildman–Crippen MR) is 86.4 cm³/mol. The smallest absolute Gasteiger partial charge is 0.316 e. The molecule has 0 radical (unpaired) electrons. The quantitative estimate of drug-likeness (QED) is 0.621. The summed E-state index contributed by atoms with van der Waals surface area (Å²) in [4.78, 5) is 39.8. The molecule has 0 bridgehead atoms. The zero-order valence-corrected chi connectivity index (χ0v) is 13.7. The number of nitrogens with zero attached hydrogens (tertiary/aromatic N) is 2. The van der Waals surface area contributed by atoms with Crippen LogP contribution in [0, 0.1) is 5.92 Å². The molecule has 0 aromatic heterocycles. The zero-order chi connectivity index (χ0) is 17.0. The van der Waals surface area contributed by atoms with Crippen LogP contribution in [0.2, 0.25) is 0 Å². The number of anilines is 1. The monoisotopic (exact) mass is 318 g/mol. The number of methoxy groups -OCH3 is 1. The van der Waals surface area contributed by atoms with E-state index >= 15 is 0 Å². The van der Waals surface area contributed by atoms with Gasteiger partial charge in [0.2, 0.25) is 0 Å². The van der Waals surface area contributed by atoms with Gasteiger partial charge >= 0.3 is 5.97 Å². The Kier molecular flexibility index (Phi) is 5.36. The molecule has 1 aliphatic rings. The van der Waals surface area contributed by atoms with E-state index in [9.17, 15) is 14.4 Å². The van der Waals surface area contributed by atoms with Crippen molar-refractivity contribution in [2.75, 3.05) is 39.2 Å². The Balaban J connectivity index is 2.08. The first-order chi connectivity index (χ1) is 10.9. The van der Waals surface area contributed by atoms with Crippen LogP contribution in [0.1, 0.15) is 23.2 Å². The molecule has 1 saturated heterocycles. The lowest BCUT2D eigenvalue weighted by molar-refractivity contribution is -0.149. The van der Waals surface area contributed by atoms with E-state index in [-0.39, 0.29) is 18.1 Å². The molecule has 23 heavy (non-hydrogen) atoms. The fourth-order valence-corrected chi connectivity index (χ4v) is 2.66. The fraction of sp³-hybridized carbons (Fsp3) is 0.471. The average molecular weight is 318 g/mol. The van der Waals surface area contributed by atoms with Gasteiger partial charge in [-0.3, -0.25) is 14.4 Å². The van der Waals surface area contributed by atoms with Crippen molar-refractivity contribution >= 4 is 23.3 Å². The molecule has 1 atom stereocenters. The molecule has 1 aliphatic heterocycles. The molecule has 124 valence electrons. The van der Waals surface area contributed by atoms with Crippen LogP contribution in [0.15, 0.2) is 24.3 Å². The van der Waals surface area contributed by atoms with Crippen molar-refractivity contribution in [1.82, 2.24) is 4.90 Å². The number of benzene rings is 1. The van der Waals surface area contributed by atoms with Gasteiger partial charge in [0.05, 0.1) is 7.11 Å². The Morgan fingerprint density at radius 2 is 1.83 bits per heavy atom. The topological polar surface area (TPSA) is 66.9 Å². The van der Waals surface area contributed by atoms with Gasteiger partial charge in [0.25, 0.3) is 5.91 Å². The van der Waals surface area contributed by atoms with Crippen LogP contribution in [0.4, 0.5) is 5.69 Å². The first-order valence-corrected chi connectivity index (χ1v) is 7.61. The summed E-state index contributed by atoms with van der Waals surface area (Å²) in [5, 5.41) is 0. The van der Waals surface area contributed by atoms with Gasteiger partial charge in [-0.15, -0.1) is 0 Å². The molecule has 6 heteroatoms. The fourth-order valence-electron chi connectivity index (χ4n) is 2.66. The van der Waals surface area contributed by atoms with Crippen LogP contribution >= 0.6 is 0 Å². The van der Waals surface area contributed by atoms with E-state index in [1.54, 1.807) is 17.0 Å². The van der Waals surface area contributed by atoms with Gasteiger partial charge in [0, 0.05) is 44.9 Å². The second-order valence-electron chi connectivity index (χ2n) is 5.81. The van der Waals surface area contributed by atoms with Gasteiger partial charge in [0.1, 0.15) is 11.7 Å². The number of esters is 1. The number of likely N-dealkylation sites (tertiary alicyclic amines) is 1. The SMILES string of the molecule is COC(=O)C1CCN(C(=O)c2ccc(N(C)C)cc2)CCC1=O. The minimum absolute atomic E-state index is 0.117. The number of hydrogen-bond donors (Lipinski definition) is 0. The number of Topliss-reactive ketones (excluding diaryl/α,β-unsaturated/α-hetero) is 1. The van der Waals surface area contributed by atoms with Crippen LogP contribution in [0.25, 0.3) is 0 Å². The van der Waals surface area contributed by atoms with Crippen molar-refractivity contribution in [3.8, 4) is 0 Å². The van der Waals surface area contributed by atoms with Crippen LogP contribution in [-0.4, -0.2) is 56.9 Å². The van der Waals surface area contributed by atoms with Crippen LogP contribution in [-0.2, 0) is 14.3 Å². The Hall–Kier alpha value is -2.37. The Bertz CT molecular complexity index is 595. The molecule has 0 N–H and O–H groups in total. The number of ether oxygens (including phenoxy) is 1. The highest BCUT2D eigenvalue weighted by Gasteiger charge is 2.32. The average Bonchev–Trinajstić information content (AvgIpc) is 2.75. The van der Waals surface area contributed by atoms with Gasteiger partial charge in [-0.05, 0) is 30.7 Å². The maximum atomic E-state index is 12.6. The number of rotatable bonds is 3. The van der Waals surface area contributed by atoms with Gasteiger partial charge in [-0.2, -0.15) is 0 Å². The number of ketones is 1. The molecule has 6 nitrogen and oxygen atoms in total. The molecule has 1 unspecified atom stereocenters. The summed E-state index contributed by atoms with van der Waals surface area (Å²) in [6, 6.07) is 7.32. The molecule has 1 aromatic rings. The summed E-state index contributed by atoms with van der Waals surface area (Å²) >= 11 is 0. The molecule has 0 saturated carbocycles. The van der Waals surface area contributed by atoms with Crippen LogP contribution < -0.4 is 4.90 Å². The van der Waals surface area contributed by atoms with E-state index in [0.717, 1.165) is 5.69 Å². The van der Waals surface area contributed by atoms with Crippen molar-refractivity contribution < 1.29 is 19.1 Å². The molecule has 1 fully saturated rings. The minimum Gasteiger partial charge on any atom is -0.468 e. The van der Waals surface area contributed by atoms with Crippen molar-refractivity contribution in [2.45, 2.75) is 12.8 Å². The van der Waals surface area contributed by atoms with Gasteiger partial charge in [-0.25, -0.2) is 0 Å². The van der Waals surface area contributed by atoms with Gasteiger partial charge < -0.3 is 14.5 Å². The van der Waals surface area contributed by atoms with E-state index in [2.05, 4.69) is 4.74 Å². The summed E-state index contributed by atoms with van der Waals surface area (Å²) in [5.74, 6) is -1.54. The molecule has 1 amide bonds. The van der Waals surface area contributed by atoms with Crippen molar-refractivity contribution in [3.05, 3.63) is 29.8 Å². The van der Waals surface area contributed by atoms with Crippen molar-refractivity contribution in [1.29, 1.82) is 0 Å². The van der Waals surface area contributed by atoms with E-state index in [1.807, 2.05) is 31.1 Å². The van der Waals surface area contributed by atoms with Gasteiger partial charge in [0.15, 0.2) is 0 Å². The van der Waals surface area contributed by atoms with Crippen molar-refractivity contribution in [2.24, 2.45) is 5.92 Å². The molecule has 2 rings (SSSR count). The van der Waals surface area contributed by atoms with E-state index in [4.69, 9.17) is 0 Å². The number of carbonyl (C=O) groups excluding carboxylic acids is 3. The molecule has 1 heterocycles. The number of hydrogen-bond acceptors (Lipinski definition) is 5. The standard InChI is InChI=1S/C17H22N2O4/c1-18(2)13-6-4-12(5-7-13)16(21)19-10-8-14(17(22)23-3)15(20)9-11-19/h4-7,14H,8-11H2,1-3H3. The lowest BCUT2D eigenvalue weighted by Crippen LogP contribution is -2.32. The van der Waals surface area contributed by atoms with E-state index < -0.39 is 11.9 Å². The third kappa shape index (κ3) is 3.88. The van der Waals surface area contributed by atoms with Crippen LogP contribution in [0.5, 0.6) is 0 Å². The van der Waals surface area contributed by atoms with E-state index in [0.29, 0.717) is 25.1 Å². The lowest BCUT2D eigenvalue weighted by Gasteiger charge is -2.20. The zero-order valence-electron chi connectivity index (χ0n) is 13.7. The maximum absolute atomic E-state index is 12.6. The Morgan fingerprint density at radius 3 is 2.39 bits per heavy atom. The second kappa shape index (κ2) is 7.26. The van der Waals surface area contributed by atoms with E-state index in [1.165, 1.54) is 7.11 Å². The normalized spacial score (nSPS) is 18.3. The molecular weight excluding hydrogens is 296 g/mol. The number of amides is 1. The van der Waals surface area contributed by atoms with Crippen molar-refractivity contribution in [3.63, 3.8) is 0 Å². The number of carbonyl (C=O) groups is 3. The summed E-state index contributed by atoms with van der Waals surface area (Å²) in [7, 11) is 5.14. The lowest BCUT2D eigenvalue weighted by atomic mass is 10.00. The Morgan fingerprint density at radius 1 is 1.17 bits per heavy atom. The maximum Gasteiger partial charge on any atom is 0.316 e. The first kappa shape index (κ1) is 17.0. The third-order valence-corrected chi connectivity index (χ3v) is 4.11. The Labute approximate surface area is 136 Å². The first-order valence-electron chi connectivity index (χ1n) is 7.61. The molecule has 0 spiro atoms. The molecule has 0 aliphatic carbocycles. The van der Waals surface area contributed by atoms with Gasteiger partial charge in [-0.1, -0.05) is 0 Å². The summed E-state index contributed by atoms with van der Waals surface area (Å²) in [6.07, 6.45) is 0.494. The molecule has 1 aromatic carbocycles. The summed E-state index contributed by atoms with van der Waals surface area (Å²) in [5.41, 5.74) is 1.60. The highest BCUT2D eigenvalue weighted by molar-refractivity contribution is 6.00. The highest BCUT2D eigenvalue weighted by atomic mass is 16.5. The van der Waals surface area contributed by atoms with Crippen LogP contribution in [0.3, 0.4) is 0 Å². The highest BCUT2D eigenvalue weighted by Crippen LogP contribution is 2.19. The summed E-state index contributed by atoms with van der Waals surface area (Å²) < 4.78 is 4.66. The largest absolute Gasteiger partial charge is 0.468 e. The predicted octanol–water partition coefficient (Wildman–Crippen LogP) is 1.35. The molecular formula is C17H22N2O4. The third-order valence-electron chi connectivity index (χ3n) is 4.11. The summed E-state index contributed by atoms with van der Waals surface area (Å²) in [6.45, 7) is 0.709. The second-order valence-corrected chi connectivity index (χ2v) is 5.81.